The first-order chi connectivity index (χ1) is 8.57. The molecule has 2 rings (SSSR count). The van der Waals surface area contributed by atoms with E-state index in [1.54, 1.807) is 0 Å². The van der Waals surface area contributed by atoms with E-state index in [9.17, 15) is 0 Å². The normalized spacial score (nSPS) is 16.5. The van der Waals surface area contributed by atoms with E-state index in [1.807, 2.05) is 26.0 Å². The lowest BCUT2D eigenvalue weighted by Gasteiger charge is -2.22. The zero-order chi connectivity index (χ0) is 13.2. The van der Waals surface area contributed by atoms with Crippen LogP contribution in [0.2, 0.25) is 0 Å². The molecule has 5 heteroatoms. The molecule has 0 radical (unpaired) electrons. The van der Waals surface area contributed by atoms with Crippen molar-refractivity contribution < 1.29 is 0 Å². The molecule has 1 aromatic rings. The number of hydrogen-bond donors (Lipinski definition) is 1. The summed E-state index contributed by atoms with van der Waals surface area (Å²) < 4.78 is 1.16. The van der Waals surface area contributed by atoms with Crippen molar-refractivity contribution in [3.8, 4) is 0 Å². The number of aliphatic imine (C=N–C) groups is 1. The van der Waals surface area contributed by atoms with Crippen LogP contribution in [0.4, 0.5) is 0 Å². The summed E-state index contributed by atoms with van der Waals surface area (Å²) in [4.78, 5) is 6.26. The molecule has 1 fully saturated rings. The van der Waals surface area contributed by atoms with Gasteiger partial charge in [-0.15, -0.1) is 24.0 Å². The molecule has 1 aliphatic carbocycles. The van der Waals surface area contributed by atoms with Crippen LogP contribution in [0.15, 0.2) is 33.7 Å². The van der Waals surface area contributed by atoms with Gasteiger partial charge in [-0.1, -0.05) is 28.1 Å². The molecule has 0 heterocycles. The second kappa shape index (κ2) is 6.92. The standard InChI is InChI=1S/C14H20BrN3.HI/c1-16-13(18(2)3)17-10-14(7-8-14)11-5-4-6-12(15)9-11;/h4-6,9H,7-8,10H2,1-3H3,(H,16,17);1H. The zero-order valence-corrected chi connectivity index (χ0v) is 15.5. The van der Waals surface area contributed by atoms with E-state index in [2.05, 4.69) is 50.5 Å². The van der Waals surface area contributed by atoms with Gasteiger partial charge < -0.3 is 10.2 Å². The lowest BCUT2D eigenvalue weighted by atomic mass is 9.96. The molecule has 1 N–H and O–H groups in total. The predicted octanol–water partition coefficient (Wildman–Crippen LogP) is 3.24. The summed E-state index contributed by atoms with van der Waals surface area (Å²) in [6.07, 6.45) is 2.50. The molecule has 0 saturated heterocycles. The minimum Gasteiger partial charge on any atom is -0.355 e. The van der Waals surface area contributed by atoms with E-state index in [4.69, 9.17) is 0 Å². The third-order valence-corrected chi connectivity index (χ3v) is 4.00. The van der Waals surface area contributed by atoms with Crippen LogP contribution in [0.25, 0.3) is 0 Å². The van der Waals surface area contributed by atoms with Crippen molar-refractivity contribution in [3.05, 3.63) is 34.3 Å². The lowest BCUT2D eigenvalue weighted by Crippen LogP contribution is -2.40. The van der Waals surface area contributed by atoms with Crippen molar-refractivity contribution in [2.24, 2.45) is 4.99 Å². The molecule has 1 saturated carbocycles. The summed E-state index contributed by atoms with van der Waals surface area (Å²) in [5.74, 6) is 0.941. The Morgan fingerprint density at radius 1 is 1.42 bits per heavy atom. The molecule has 106 valence electrons. The summed E-state index contributed by atoms with van der Waals surface area (Å²) in [5, 5.41) is 3.45. The number of benzene rings is 1. The fourth-order valence-electron chi connectivity index (χ4n) is 2.22. The van der Waals surface area contributed by atoms with E-state index in [1.165, 1.54) is 18.4 Å². The van der Waals surface area contributed by atoms with Crippen molar-refractivity contribution in [1.29, 1.82) is 0 Å². The van der Waals surface area contributed by atoms with Gasteiger partial charge in [-0.05, 0) is 30.5 Å². The Kier molecular flexibility index (Phi) is 6.11. The number of nitrogens with one attached hydrogen (secondary N) is 1. The summed E-state index contributed by atoms with van der Waals surface area (Å²) in [6.45, 7) is 0.953. The highest BCUT2D eigenvalue weighted by molar-refractivity contribution is 14.0. The Morgan fingerprint density at radius 2 is 2.11 bits per heavy atom. The smallest absolute Gasteiger partial charge is 0.193 e. The second-order valence-electron chi connectivity index (χ2n) is 5.09. The molecular weight excluding hydrogens is 417 g/mol. The van der Waals surface area contributed by atoms with E-state index < -0.39 is 0 Å². The molecule has 0 atom stereocenters. The van der Waals surface area contributed by atoms with Gasteiger partial charge in [-0.2, -0.15) is 0 Å². The fourth-order valence-corrected chi connectivity index (χ4v) is 2.62. The topological polar surface area (TPSA) is 27.6 Å². The van der Waals surface area contributed by atoms with Crippen molar-refractivity contribution in [2.45, 2.75) is 18.3 Å². The Morgan fingerprint density at radius 3 is 2.58 bits per heavy atom. The largest absolute Gasteiger partial charge is 0.355 e. The first kappa shape index (κ1) is 16.8. The van der Waals surface area contributed by atoms with E-state index >= 15 is 0 Å². The van der Waals surface area contributed by atoms with Crippen LogP contribution in [-0.4, -0.2) is 38.5 Å². The highest BCUT2D eigenvalue weighted by Gasteiger charge is 2.44. The van der Waals surface area contributed by atoms with Crippen LogP contribution in [0.1, 0.15) is 18.4 Å². The first-order valence-corrected chi connectivity index (χ1v) is 7.01. The van der Waals surface area contributed by atoms with E-state index in [-0.39, 0.29) is 24.0 Å². The van der Waals surface area contributed by atoms with Gasteiger partial charge >= 0.3 is 0 Å². The van der Waals surface area contributed by atoms with Crippen LogP contribution in [0.3, 0.4) is 0 Å². The molecule has 0 aromatic heterocycles. The fraction of sp³-hybridized carbons (Fsp3) is 0.500. The summed E-state index contributed by atoms with van der Waals surface area (Å²) >= 11 is 3.55. The monoisotopic (exact) mass is 437 g/mol. The maximum Gasteiger partial charge on any atom is 0.193 e. The Labute approximate surface area is 141 Å². The third kappa shape index (κ3) is 4.08. The van der Waals surface area contributed by atoms with Gasteiger partial charge in [0.15, 0.2) is 5.96 Å². The summed E-state index contributed by atoms with van der Waals surface area (Å²) in [6, 6.07) is 8.64. The van der Waals surface area contributed by atoms with E-state index in [0.29, 0.717) is 5.41 Å². The van der Waals surface area contributed by atoms with Gasteiger partial charge in [0.25, 0.3) is 0 Å². The molecule has 1 aliphatic rings. The molecule has 0 spiro atoms. The van der Waals surface area contributed by atoms with Gasteiger partial charge in [0.1, 0.15) is 0 Å². The number of halogens is 2. The lowest BCUT2D eigenvalue weighted by molar-refractivity contribution is 0.559. The van der Waals surface area contributed by atoms with Crippen LogP contribution in [0, 0.1) is 0 Å². The van der Waals surface area contributed by atoms with Crippen LogP contribution in [-0.2, 0) is 5.41 Å². The van der Waals surface area contributed by atoms with Crippen molar-refractivity contribution in [2.75, 3.05) is 27.7 Å². The Hall–Kier alpha value is -0.300. The molecule has 1 aromatic carbocycles. The molecular formula is C14H21BrIN3. The third-order valence-electron chi connectivity index (χ3n) is 3.51. The molecule has 0 amide bonds. The van der Waals surface area contributed by atoms with Crippen LogP contribution < -0.4 is 5.32 Å². The minimum atomic E-state index is 0. The average Bonchev–Trinajstić information content (AvgIpc) is 3.10. The summed E-state index contributed by atoms with van der Waals surface area (Å²) in [5.41, 5.74) is 1.72. The minimum absolute atomic E-state index is 0. The van der Waals surface area contributed by atoms with Crippen LogP contribution in [0.5, 0.6) is 0 Å². The zero-order valence-electron chi connectivity index (χ0n) is 11.6. The maximum atomic E-state index is 4.25. The quantitative estimate of drug-likeness (QED) is 0.446. The van der Waals surface area contributed by atoms with Crippen molar-refractivity contribution >= 4 is 45.9 Å². The van der Waals surface area contributed by atoms with Gasteiger partial charge in [-0.3, -0.25) is 4.99 Å². The van der Waals surface area contributed by atoms with Crippen molar-refractivity contribution in [3.63, 3.8) is 0 Å². The highest BCUT2D eigenvalue weighted by Crippen LogP contribution is 2.48. The first-order valence-electron chi connectivity index (χ1n) is 6.21. The number of hydrogen-bond acceptors (Lipinski definition) is 1. The number of guanidine groups is 1. The summed E-state index contributed by atoms with van der Waals surface area (Å²) in [7, 11) is 5.84. The Balaban J connectivity index is 0.00000180. The molecule has 19 heavy (non-hydrogen) atoms. The van der Waals surface area contributed by atoms with E-state index in [0.717, 1.165) is 17.0 Å². The SMILES string of the molecule is CN=C(NCC1(c2cccc(Br)c2)CC1)N(C)C.I. The van der Waals surface area contributed by atoms with Crippen LogP contribution >= 0.6 is 39.9 Å². The molecule has 0 bridgehead atoms. The van der Waals surface area contributed by atoms with Gasteiger partial charge in [0.2, 0.25) is 0 Å². The molecule has 0 unspecified atom stereocenters. The van der Waals surface area contributed by atoms with Gasteiger partial charge in [0, 0.05) is 37.6 Å². The Bertz CT molecular complexity index is 456. The maximum absolute atomic E-state index is 4.25. The average molecular weight is 438 g/mol. The second-order valence-corrected chi connectivity index (χ2v) is 6.00. The molecule has 0 aliphatic heterocycles. The highest BCUT2D eigenvalue weighted by atomic mass is 127. The number of nitrogens with zero attached hydrogens (tertiary/aromatic N) is 2. The van der Waals surface area contributed by atoms with Gasteiger partial charge in [0.05, 0.1) is 0 Å². The molecule has 3 nitrogen and oxygen atoms in total. The number of rotatable bonds is 3. The predicted molar refractivity (Wildman–Crippen MR) is 95.5 cm³/mol. The van der Waals surface area contributed by atoms with Crippen molar-refractivity contribution in [1.82, 2.24) is 10.2 Å². The van der Waals surface area contributed by atoms with Gasteiger partial charge in [-0.25, -0.2) is 0 Å².